The molecule has 0 saturated carbocycles. The van der Waals surface area contributed by atoms with E-state index in [4.69, 9.17) is 23.2 Å². The molecule has 0 aliphatic heterocycles. The van der Waals surface area contributed by atoms with Crippen LogP contribution in [0, 0.1) is 0 Å². The van der Waals surface area contributed by atoms with Crippen molar-refractivity contribution in [3.8, 4) is 0 Å². The highest BCUT2D eigenvalue weighted by Crippen LogP contribution is 2.20. The lowest BCUT2D eigenvalue weighted by Crippen LogP contribution is -2.45. The number of carbonyl (C=O) groups is 2. The van der Waals surface area contributed by atoms with Gasteiger partial charge in [0.05, 0.1) is 6.33 Å². The molecule has 2 rings (SSSR count). The Bertz CT molecular complexity index is 789. The van der Waals surface area contributed by atoms with E-state index in [0.29, 0.717) is 29.4 Å². The number of nitrogens with zero attached hydrogens (tertiary/aromatic N) is 3. The molecule has 1 atom stereocenters. The third kappa shape index (κ3) is 5.87. The highest BCUT2D eigenvalue weighted by molar-refractivity contribution is 6.34. The van der Waals surface area contributed by atoms with Gasteiger partial charge in [-0.3, -0.25) is 4.90 Å². The van der Waals surface area contributed by atoms with Crippen LogP contribution in [0.25, 0.3) is 0 Å². The molecule has 0 saturated heterocycles. The van der Waals surface area contributed by atoms with E-state index in [2.05, 4.69) is 4.98 Å². The van der Waals surface area contributed by atoms with Gasteiger partial charge in [0.2, 0.25) is 0 Å². The molecule has 0 aliphatic carbocycles. The molecule has 0 aliphatic rings. The topological polar surface area (TPSA) is 95.7 Å². The van der Waals surface area contributed by atoms with Gasteiger partial charge in [0.25, 0.3) is 0 Å². The third-order valence-corrected chi connectivity index (χ3v) is 4.59. The molecule has 1 heterocycles. The summed E-state index contributed by atoms with van der Waals surface area (Å²) in [6.45, 7) is 2.36. The summed E-state index contributed by atoms with van der Waals surface area (Å²) in [6.07, 6.45) is 3.21. The van der Waals surface area contributed by atoms with Crippen molar-refractivity contribution < 1.29 is 19.8 Å². The predicted molar refractivity (Wildman–Crippen MR) is 103 cm³/mol. The summed E-state index contributed by atoms with van der Waals surface area (Å²) in [7, 11) is 0. The first-order chi connectivity index (χ1) is 12.8. The summed E-state index contributed by atoms with van der Waals surface area (Å²) >= 11 is 12.0. The number of halogens is 2. The average molecular weight is 414 g/mol. The fraction of sp³-hybridized carbons (Fsp3) is 0.389. The number of imidazole rings is 1. The van der Waals surface area contributed by atoms with Crippen LogP contribution < -0.4 is 0 Å². The van der Waals surface area contributed by atoms with Crippen molar-refractivity contribution in [1.29, 1.82) is 0 Å². The van der Waals surface area contributed by atoms with Crippen LogP contribution in [0.1, 0.15) is 31.0 Å². The van der Waals surface area contributed by atoms with E-state index in [-0.39, 0.29) is 13.0 Å². The van der Waals surface area contributed by atoms with Gasteiger partial charge in [-0.2, -0.15) is 0 Å². The van der Waals surface area contributed by atoms with Crippen LogP contribution in [0.2, 0.25) is 10.0 Å². The number of amides is 1. The molecule has 0 radical (unpaired) electrons. The Morgan fingerprint density at radius 1 is 1.22 bits per heavy atom. The molecular weight excluding hydrogens is 393 g/mol. The maximum Gasteiger partial charge on any atom is 0.408 e. The zero-order valence-electron chi connectivity index (χ0n) is 14.8. The molecule has 1 amide bonds. The van der Waals surface area contributed by atoms with Crippen molar-refractivity contribution in [1.82, 2.24) is 14.5 Å². The maximum absolute atomic E-state index is 11.5. The van der Waals surface area contributed by atoms with Crippen LogP contribution in [-0.2, 0) is 17.8 Å². The predicted octanol–water partition coefficient (Wildman–Crippen LogP) is 4.01. The standard InChI is InChI=1S/C18H21Cl2N3O4/c1-2-3-16(17(24)25)23(18(26)27)5-4-15-9-21-11-22(15)10-12-6-13(19)8-14(20)7-12/h6-9,11,16H,2-5,10H2,1H3,(H,24,25)(H,26,27). The van der Waals surface area contributed by atoms with Crippen LogP contribution in [0.5, 0.6) is 0 Å². The summed E-state index contributed by atoms with van der Waals surface area (Å²) in [5.41, 5.74) is 1.68. The first-order valence-electron chi connectivity index (χ1n) is 8.48. The van der Waals surface area contributed by atoms with Gasteiger partial charge >= 0.3 is 12.1 Å². The maximum atomic E-state index is 11.5. The highest BCUT2D eigenvalue weighted by Gasteiger charge is 2.28. The van der Waals surface area contributed by atoms with Crippen LogP contribution in [0.3, 0.4) is 0 Å². The van der Waals surface area contributed by atoms with Gasteiger partial charge in [0.15, 0.2) is 0 Å². The van der Waals surface area contributed by atoms with E-state index >= 15 is 0 Å². The second kappa shape index (κ2) is 9.62. The molecule has 2 N–H and O–H groups in total. The van der Waals surface area contributed by atoms with Gasteiger partial charge in [-0.15, -0.1) is 0 Å². The molecule has 27 heavy (non-hydrogen) atoms. The minimum atomic E-state index is -1.25. The molecule has 7 nitrogen and oxygen atoms in total. The van der Waals surface area contributed by atoms with E-state index in [1.54, 1.807) is 30.7 Å². The van der Waals surface area contributed by atoms with Crippen LogP contribution in [0.4, 0.5) is 4.79 Å². The quantitative estimate of drug-likeness (QED) is 0.646. The Morgan fingerprint density at radius 2 is 1.89 bits per heavy atom. The molecule has 0 spiro atoms. The smallest absolute Gasteiger partial charge is 0.408 e. The molecule has 2 aromatic rings. The van der Waals surface area contributed by atoms with Gasteiger partial charge in [0, 0.05) is 41.4 Å². The highest BCUT2D eigenvalue weighted by atomic mass is 35.5. The molecule has 1 unspecified atom stereocenters. The van der Waals surface area contributed by atoms with Crippen LogP contribution in [0.15, 0.2) is 30.7 Å². The summed E-state index contributed by atoms with van der Waals surface area (Å²) in [5, 5.41) is 19.8. The molecule has 0 fully saturated rings. The number of benzene rings is 1. The number of aliphatic carboxylic acids is 1. The van der Waals surface area contributed by atoms with Crippen molar-refractivity contribution in [2.75, 3.05) is 6.54 Å². The third-order valence-electron chi connectivity index (χ3n) is 4.15. The summed E-state index contributed by atoms with van der Waals surface area (Å²) in [5.74, 6) is -1.14. The van der Waals surface area contributed by atoms with E-state index < -0.39 is 18.1 Å². The molecular formula is C18H21Cl2N3O4. The monoisotopic (exact) mass is 413 g/mol. The molecule has 1 aromatic carbocycles. The lowest BCUT2D eigenvalue weighted by atomic mass is 10.1. The number of carboxylic acids is 1. The summed E-state index contributed by atoms with van der Waals surface area (Å²) in [4.78, 5) is 28.1. The molecule has 0 bridgehead atoms. The van der Waals surface area contributed by atoms with Gasteiger partial charge in [-0.25, -0.2) is 14.6 Å². The Morgan fingerprint density at radius 3 is 2.44 bits per heavy atom. The Hall–Kier alpha value is -2.25. The van der Waals surface area contributed by atoms with Crippen LogP contribution >= 0.6 is 23.2 Å². The van der Waals surface area contributed by atoms with Gasteiger partial charge in [-0.1, -0.05) is 36.5 Å². The van der Waals surface area contributed by atoms with Crippen LogP contribution in [-0.4, -0.2) is 49.3 Å². The van der Waals surface area contributed by atoms with Gasteiger partial charge in [0.1, 0.15) is 6.04 Å². The Labute approximate surface area is 167 Å². The van der Waals surface area contributed by atoms with E-state index in [0.717, 1.165) is 16.2 Å². The molecule has 146 valence electrons. The van der Waals surface area contributed by atoms with Crippen molar-refractivity contribution in [2.24, 2.45) is 0 Å². The largest absolute Gasteiger partial charge is 0.480 e. The first-order valence-corrected chi connectivity index (χ1v) is 9.23. The van der Waals surface area contributed by atoms with Crippen molar-refractivity contribution in [3.05, 3.63) is 52.0 Å². The molecule has 9 heteroatoms. The number of carboxylic acid groups (broad SMARTS) is 2. The van der Waals surface area contributed by atoms with Crippen molar-refractivity contribution >= 4 is 35.3 Å². The zero-order valence-corrected chi connectivity index (χ0v) is 16.3. The first kappa shape index (κ1) is 21.1. The Balaban J connectivity index is 2.12. The zero-order chi connectivity index (χ0) is 20.0. The van der Waals surface area contributed by atoms with Crippen molar-refractivity contribution in [2.45, 2.75) is 38.8 Å². The molecule has 1 aromatic heterocycles. The summed E-state index contributed by atoms with van der Waals surface area (Å²) in [6, 6.07) is 4.17. The summed E-state index contributed by atoms with van der Waals surface area (Å²) < 4.78 is 1.86. The van der Waals surface area contributed by atoms with E-state index in [1.165, 1.54) is 0 Å². The minimum Gasteiger partial charge on any atom is -0.480 e. The number of hydrogen-bond donors (Lipinski definition) is 2. The number of hydrogen-bond acceptors (Lipinski definition) is 3. The van der Waals surface area contributed by atoms with E-state index in [1.807, 2.05) is 11.5 Å². The lowest BCUT2D eigenvalue weighted by Gasteiger charge is -2.26. The second-order valence-corrected chi connectivity index (χ2v) is 7.03. The SMILES string of the molecule is CCCC(C(=O)O)N(CCc1cncn1Cc1cc(Cl)cc(Cl)c1)C(=O)O. The lowest BCUT2D eigenvalue weighted by molar-refractivity contribution is -0.142. The number of aromatic nitrogens is 2. The minimum absolute atomic E-state index is 0.0638. The fourth-order valence-corrected chi connectivity index (χ4v) is 3.47. The number of rotatable bonds is 9. The van der Waals surface area contributed by atoms with Gasteiger partial charge in [-0.05, 0) is 30.2 Å². The normalized spacial score (nSPS) is 12.0. The van der Waals surface area contributed by atoms with Gasteiger partial charge < -0.3 is 14.8 Å². The Kier molecular flexibility index (Phi) is 7.50. The average Bonchev–Trinajstić information content (AvgIpc) is 2.99. The van der Waals surface area contributed by atoms with Crippen molar-refractivity contribution in [3.63, 3.8) is 0 Å². The fourth-order valence-electron chi connectivity index (χ4n) is 2.90. The second-order valence-electron chi connectivity index (χ2n) is 6.16. The van der Waals surface area contributed by atoms with E-state index in [9.17, 15) is 19.8 Å².